The maximum Gasteiger partial charge on any atom is 0.312 e. The number of ether oxygens (including phenoxy) is 2. The summed E-state index contributed by atoms with van der Waals surface area (Å²) in [4.78, 5) is 56.0. The molecule has 2 aromatic rings. The molecule has 0 atom stereocenters. The third kappa shape index (κ3) is 10.1. The fourth-order valence-corrected chi connectivity index (χ4v) is 6.57. The Hall–Kier alpha value is -4.36. The van der Waals surface area contributed by atoms with E-state index in [4.69, 9.17) is 9.47 Å². The molecular weight excluding hydrogens is 628 g/mol. The highest BCUT2D eigenvalue weighted by molar-refractivity contribution is 6.35. The first-order valence-electron chi connectivity index (χ1n) is 18.0. The van der Waals surface area contributed by atoms with Crippen molar-refractivity contribution in [3.63, 3.8) is 0 Å². The average molecular weight is 681 g/mol. The molecule has 2 saturated heterocycles. The molecule has 6 rings (SSSR count). The van der Waals surface area contributed by atoms with Gasteiger partial charge in [0.25, 0.3) is 0 Å². The number of carbonyl (C=O) groups is 4. The zero-order valence-corrected chi connectivity index (χ0v) is 29.5. The first-order chi connectivity index (χ1) is 23.9. The van der Waals surface area contributed by atoms with Gasteiger partial charge in [-0.25, -0.2) is 0 Å². The number of nitrogens with zero attached hydrogens (tertiary/aromatic N) is 8. The van der Waals surface area contributed by atoms with Crippen LogP contribution in [0.4, 0.5) is 0 Å². The number of piperazine rings is 2. The summed E-state index contributed by atoms with van der Waals surface area (Å²) in [5.74, 6) is -0.662. The molecule has 0 bridgehead atoms. The lowest BCUT2D eigenvalue weighted by molar-refractivity contribution is -0.158. The molecular formula is C35H52N8O6. The molecule has 0 N–H and O–H groups in total. The zero-order chi connectivity index (χ0) is 35.2. The van der Waals surface area contributed by atoms with E-state index in [1.807, 2.05) is 27.7 Å². The highest BCUT2D eigenvalue weighted by Gasteiger charge is 2.38. The van der Waals surface area contributed by atoms with Crippen molar-refractivity contribution in [3.05, 3.63) is 35.7 Å². The molecule has 4 fully saturated rings. The topological polar surface area (TPSA) is 151 Å². The Morgan fingerprint density at radius 2 is 1.02 bits per heavy atom. The van der Waals surface area contributed by atoms with Crippen LogP contribution in [0.5, 0.6) is 11.8 Å². The summed E-state index contributed by atoms with van der Waals surface area (Å²) in [6, 6.07) is 7.54. The summed E-state index contributed by atoms with van der Waals surface area (Å²) in [5, 5.41) is 16.1. The van der Waals surface area contributed by atoms with Crippen molar-refractivity contribution in [2.45, 2.75) is 111 Å². The molecule has 0 radical (unpaired) electrons. The largest absolute Gasteiger partial charge is 0.477 e. The Kier molecular flexibility index (Phi) is 14.5. The van der Waals surface area contributed by atoms with Gasteiger partial charge in [0.1, 0.15) is 0 Å². The van der Waals surface area contributed by atoms with Gasteiger partial charge in [-0.05, 0) is 51.2 Å². The maximum atomic E-state index is 12.4. The van der Waals surface area contributed by atoms with Crippen molar-refractivity contribution in [2.24, 2.45) is 0 Å². The Balaban J connectivity index is 0.000000210. The minimum absolute atomic E-state index is 0.249. The van der Waals surface area contributed by atoms with Gasteiger partial charge in [-0.1, -0.05) is 46.5 Å². The van der Waals surface area contributed by atoms with Gasteiger partial charge in [0, 0.05) is 50.4 Å². The lowest BCUT2D eigenvalue weighted by Gasteiger charge is -2.36. The van der Waals surface area contributed by atoms with E-state index in [1.165, 1.54) is 0 Å². The Morgan fingerprint density at radius 3 is 1.39 bits per heavy atom. The smallest absolute Gasteiger partial charge is 0.312 e. The average Bonchev–Trinajstić information content (AvgIpc) is 3.87. The standard InChI is InChI=1S/C17H24N4O3.C16H22N4O3.C2H6/c1-2-11-24-15-8-7-13(18-19-15)12-20-9-10-21(17(23)16(20)22)14-5-3-4-6-14;1-2-23-14-8-7-12(17-18-14)11-19-9-10-20(16(22)15(19)21)13-5-3-4-6-13;1-2/h7-8,14H,2-6,9-12H2,1H3;7-8,13H,2-6,9-11H2,1H3;1-2H3. The fraction of sp³-hybridized carbons (Fsp3) is 0.657. The van der Waals surface area contributed by atoms with Gasteiger partial charge in [0.15, 0.2) is 0 Å². The Bertz CT molecular complexity index is 1360. The van der Waals surface area contributed by atoms with Gasteiger partial charge in [-0.3, -0.25) is 19.2 Å². The molecule has 4 amide bonds. The van der Waals surface area contributed by atoms with E-state index in [9.17, 15) is 19.2 Å². The van der Waals surface area contributed by atoms with Gasteiger partial charge in [-0.2, -0.15) is 10.2 Å². The van der Waals surface area contributed by atoms with Crippen LogP contribution < -0.4 is 9.47 Å². The molecule has 14 nitrogen and oxygen atoms in total. The SMILES string of the molecule is CC.CCCOc1ccc(CN2CCN(C3CCCC3)C(=O)C2=O)nn1.CCOc1ccc(CN2CCN(C3CCCC3)C(=O)C2=O)nn1. The van der Waals surface area contributed by atoms with Crippen molar-refractivity contribution in [3.8, 4) is 11.8 Å². The molecule has 4 aliphatic rings. The van der Waals surface area contributed by atoms with Crippen molar-refractivity contribution in [1.82, 2.24) is 40.0 Å². The van der Waals surface area contributed by atoms with Crippen LogP contribution in [0.25, 0.3) is 0 Å². The van der Waals surface area contributed by atoms with E-state index in [2.05, 4.69) is 20.4 Å². The van der Waals surface area contributed by atoms with Crippen LogP contribution in [0.1, 0.15) is 96.9 Å². The summed E-state index contributed by atoms with van der Waals surface area (Å²) < 4.78 is 10.6. The third-order valence-electron chi connectivity index (χ3n) is 9.06. The van der Waals surface area contributed by atoms with Crippen LogP contribution in [0.2, 0.25) is 0 Å². The molecule has 0 spiro atoms. The predicted molar refractivity (Wildman–Crippen MR) is 181 cm³/mol. The van der Waals surface area contributed by atoms with Crippen LogP contribution in [0.3, 0.4) is 0 Å². The van der Waals surface area contributed by atoms with Crippen molar-refractivity contribution >= 4 is 23.6 Å². The fourth-order valence-electron chi connectivity index (χ4n) is 6.57. The summed E-state index contributed by atoms with van der Waals surface area (Å²) >= 11 is 0. The molecule has 0 aromatic carbocycles. The summed E-state index contributed by atoms with van der Waals surface area (Å²) in [7, 11) is 0. The normalized spacial score (nSPS) is 18.7. The first kappa shape index (κ1) is 37.5. The molecule has 268 valence electrons. The predicted octanol–water partition coefficient (Wildman–Crippen LogP) is 3.39. The van der Waals surface area contributed by atoms with Gasteiger partial charge < -0.3 is 29.1 Å². The highest BCUT2D eigenvalue weighted by atomic mass is 16.5. The van der Waals surface area contributed by atoms with E-state index in [1.54, 1.807) is 43.9 Å². The monoisotopic (exact) mass is 680 g/mol. The molecule has 0 unspecified atom stereocenters. The molecule has 4 heterocycles. The first-order valence-corrected chi connectivity index (χ1v) is 18.0. The Morgan fingerprint density at radius 1 is 0.592 bits per heavy atom. The van der Waals surface area contributed by atoms with E-state index in [-0.39, 0.29) is 23.9 Å². The third-order valence-corrected chi connectivity index (χ3v) is 9.06. The number of hydrogen-bond donors (Lipinski definition) is 0. The van der Waals surface area contributed by atoms with E-state index in [0.29, 0.717) is 75.6 Å². The molecule has 2 saturated carbocycles. The number of carbonyl (C=O) groups excluding carboxylic acids is 4. The number of amides is 4. The Labute approximate surface area is 289 Å². The van der Waals surface area contributed by atoms with Crippen molar-refractivity contribution < 1.29 is 28.7 Å². The molecule has 2 aliphatic carbocycles. The number of rotatable bonds is 11. The minimum Gasteiger partial charge on any atom is -0.477 e. The van der Waals surface area contributed by atoms with E-state index >= 15 is 0 Å². The second kappa shape index (κ2) is 19.0. The van der Waals surface area contributed by atoms with Gasteiger partial charge >= 0.3 is 23.6 Å². The van der Waals surface area contributed by atoms with Crippen molar-refractivity contribution in [2.75, 3.05) is 39.4 Å². The highest BCUT2D eigenvalue weighted by Crippen LogP contribution is 2.26. The second-order valence-electron chi connectivity index (χ2n) is 12.3. The van der Waals surface area contributed by atoms with Crippen LogP contribution in [0, 0.1) is 0 Å². The second-order valence-corrected chi connectivity index (χ2v) is 12.3. The maximum absolute atomic E-state index is 12.4. The van der Waals surface area contributed by atoms with Crippen LogP contribution in [-0.4, -0.2) is 115 Å². The molecule has 2 aliphatic heterocycles. The van der Waals surface area contributed by atoms with E-state index in [0.717, 1.165) is 57.8 Å². The number of hydrogen-bond acceptors (Lipinski definition) is 10. The zero-order valence-electron chi connectivity index (χ0n) is 29.5. The summed E-state index contributed by atoms with van der Waals surface area (Å²) in [6.45, 7) is 12.0. The molecule has 14 heteroatoms. The van der Waals surface area contributed by atoms with Crippen LogP contribution in [0.15, 0.2) is 24.3 Å². The molecule has 2 aromatic heterocycles. The van der Waals surface area contributed by atoms with Crippen LogP contribution in [-0.2, 0) is 32.3 Å². The lowest BCUT2D eigenvalue weighted by Crippen LogP contribution is -2.56. The van der Waals surface area contributed by atoms with Crippen LogP contribution >= 0.6 is 0 Å². The summed E-state index contributed by atoms with van der Waals surface area (Å²) in [5.41, 5.74) is 1.32. The van der Waals surface area contributed by atoms with Gasteiger partial charge in [0.2, 0.25) is 11.8 Å². The summed E-state index contributed by atoms with van der Waals surface area (Å²) in [6.07, 6.45) is 9.57. The number of aromatic nitrogens is 4. The quantitative estimate of drug-likeness (QED) is 0.323. The minimum atomic E-state index is -0.432. The van der Waals surface area contributed by atoms with Crippen molar-refractivity contribution in [1.29, 1.82) is 0 Å². The van der Waals surface area contributed by atoms with Gasteiger partial charge in [-0.15, -0.1) is 10.2 Å². The van der Waals surface area contributed by atoms with Gasteiger partial charge in [0.05, 0.1) is 37.7 Å². The van der Waals surface area contributed by atoms with E-state index < -0.39 is 11.8 Å². The lowest BCUT2D eigenvalue weighted by atomic mass is 10.1. The molecule has 49 heavy (non-hydrogen) atoms.